The van der Waals surface area contributed by atoms with Crippen molar-refractivity contribution >= 4 is 11.9 Å². The van der Waals surface area contributed by atoms with Crippen LogP contribution in [0.5, 0.6) is 0 Å². The standard InChI is InChI=1S/C24H36N4O4/c1-13(29)19(27(2)3)22(31)32-24-9-14-4-15(10-24)8-23(7-14,12-24)20(26)21(30)28-17(11-25)5-16-6-18(16)28/h13-20,29H,4-10,12,26H2,1-3H3/t13?,14-,15?,16?,17-,18?,19?,20+,23?,24?/m0/s1. The first-order valence-corrected chi connectivity index (χ1v) is 12.1. The molecule has 1 aliphatic heterocycles. The summed E-state index contributed by atoms with van der Waals surface area (Å²) in [6, 6.07) is 0.749. The van der Waals surface area contributed by atoms with E-state index in [9.17, 15) is 20.0 Å². The average molecular weight is 445 g/mol. The van der Waals surface area contributed by atoms with Gasteiger partial charge in [-0.05, 0) is 95.6 Å². The molecule has 0 spiro atoms. The summed E-state index contributed by atoms with van der Waals surface area (Å²) in [5.41, 5.74) is 5.76. The highest BCUT2D eigenvalue weighted by Gasteiger charge is 2.64. The Kier molecular flexibility index (Phi) is 5.12. The number of aliphatic hydroxyl groups excluding tert-OH is 1. The summed E-state index contributed by atoms with van der Waals surface area (Å²) in [6.45, 7) is 1.61. The van der Waals surface area contributed by atoms with E-state index >= 15 is 0 Å². The fraction of sp³-hybridized carbons (Fsp3) is 0.875. The minimum atomic E-state index is -0.839. The summed E-state index contributed by atoms with van der Waals surface area (Å²) < 4.78 is 6.21. The van der Waals surface area contributed by atoms with Crippen molar-refractivity contribution in [3.63, 3.8) is 0 Å². The van der Waals surface area contributed by atoms with Crippen LogP contribution in [0, 0.1) is 34.5 Å². The Labute approximate surface area is 190 Å². The van der Waals surface area contributed by atoms with Crippen molar-refractivity contribution in [1.82, 2.24) is 9.80 Å². The van der Waals surface area contributed by atoms with Crippen LogP contribution in [0.15, 0.2) is 0 Å². The molecular weight excluding hydrogens is 408 g/mol. The van der Waals surface area contributed by atoms with Gasteiger partial charge < -0.3 is 20.5 Å². The molecule has 5 saturated carbocycles. The molecule has 8 nitrogen and oxygen atoms in total. The van der Waals surface area contributed by atoms with Crippen LogP contribution in [-0.2, 0) is 14.3 Å². The lowest BCUT2D eigenvalue weighted by atomic mass is 9.46. The van der Waals surface area contributed by atoms with Crippen molar-refractivity contribution in [3.8, 4) is 6.07 Å². The Balaban J connectivity index is 1.38. The first-order valence-electron chi connectivity index (χ1n) is 12.1. The van der Waals surface area contributed by atoms with E-state index in [2.05, 4.69) is 6.07 Å². The molecule has 32 heavy (non-hydrogen) atoms. The topological polar surface area (TPSA) is 120 Å². The maximum absolute atomic E-state index is 13.6. The van der Waals surface area contributed by atoms with Crippen LogP contribution in [0.2, 0.25) is 0 Å². The first-order chi connectivity index (χ1) is 15.1. The largest absolute Gasteiger partial charge is 0.458 e. The average Bonchev–Trinajstić information content (AvgIpc) is 3.34. The van der Waals surface area contributed by atoms with Gasteiger partial charge in [-0.1, -0.05) is 0 Å². The van der Waals surface area contributed by atoms with E-state index in [0.717, 1.165) is 44.9 Å². The van der Waals surface area contributed by atoms with Gasteiger partial charge in [-0.15, -0.1) is 0 Å². The van der Waals surface area contributed by atoms with Gasteiger partial charge in [0.1, 0.15) is 17.7 Å². The molecule has 4 bridgehead atoms. The van der Waals surface area contributed by atoms with Gasteiger partial charge in [-0.3, -0.25) is 14.5 Å². The van der Waals surface area contributed by atoms with E-state index in [1.165, 1.54) is 0 Å². The number of carbonyl (C=O) groups excluding carboxylic acids is 2. The number of hydrogen-bond acceptors (Lipinski definition) is 7. The minimum Gasteiger partial charge on any atom is -0.458 e. The number of nitriles is 1. The van der Waals surface area contributed by atoms with E-state index < -0.39 is 29.8 Å². The number of hydrogen-bond donors (Lipinski definition) is 2. The molecule has 176 valence electrons. The van der Waals surface area contributed by atoms with Gasteiger partial charge in [-0.25, -0.2) is 0 Å². The lowest BCUT2D eigenvalue weighted by Crippen LogP contribution is -2.66. The molecule has 6 aliphatic rings. The monoisotopic (exact) mass is 444 g/mol. The molecule has 0 aromatic carbocycles. The Bertz CT molecular complexity index is 829. The highest BCUT2D eigenvalue weighted by atomic mass is 16.6. The Morgan fingerprint density at radius 1 is 1.19 bits per heavy atom. The number of esters is 1. The smallest absolute Gasteiger partial charge is 0.326 e. The maximum Gasteiger partial charge on any atom is 0.326 e. The summed E-state index contributed by atoms with van der Waals surface area (Å²) >= 11 is 0. The molecule has 5 aliphatic carbocycles. The number of fused-ring (bicyclic) bond motifs is 1. The Morgan fingerprint density at radius 3 is 2.41 bits per heavy atom. The van der Waals surface area contributed by atoms with Gasteiger partial charge >= 0.3 is 5.97 Å². The number of amides is 1. The molecule has 1 saturated heterocycles. The zero-order valence-electron chi connectivity index (χ0n) is 19.4. The molecule has 8 heteroatoms. The van der Waals surface area contributed by atoms with Crippen LogP contribution >= 0.6 is 0 Å². The third-order valence-corrected chi connectivity index (χ3v) is 9.06. The van der Waals surface area contributed by atoms with E-state index in [-0.39, 0.29) is 23.4 Å². The third-order valence-electron chi connectivity index (χ3n) is 9.06. The highest BCUT2D eigenvalue weighted by molar-refractivity contribution is 5.84. The number of rotatable bonds is 6. The van der Waals surface area contributed by atoms with E-state index in [0.29, 0.717) is 24.2 Å². The second-order valence-corrected chi connectivity index (χ2v) is 11.7. The molecule has 3 N–H and O–H groups in total. The van der Waals surface area contributed by atoms with Crippen LogP contribution in [0.3, 0.4) is 0 Å². The van der Waals surface area contributed by atoms with Crippen molar-refractivity contribution < 1.29 is 19.4 Å². The molecule has 1 amide bonds. The van der Waals surface area contributed by atoms with Crippen molar-refractivity contribution in [2.75, 3.05) is 14.1 Å². The predicted octanol–water partition coefficient (Wildman–Crippen LogP) is 1.02. The number of aliphatic hydroxyl groups is 1. The molecular formula is C24H36N4O4. The number of ether oxygens (including phenoxy) is 1. The molecule has 0 radical (unpaired) electrons. The summed E-state index contributed by atoms with van der Waals surface area (Å²) in [7, 11) is 3.53. The predicted molar refractivity (Wildman–Crippen MR) is 116 cm³/mol. The van der Waals surface area contributed by atoms with Crippen LogP contribution < -0.4 is 5.73 Å². The summed E-state index contributed by atoms with van der Waals surface area (Å²) in [6.07, 6.45) is 6.03. The van der Waals surface area contributed by atoms with E-state index in [1.54, 1.807) is 30.8 Å². The zero-order chi connectivity index (χ0) is 23.0. The number of likely N-dealkylation sites (tertiary alicyclic amines) is 1. The molecule has 1 heterocycles. The molecule has 0 aromatic rings. The van der Waals surface area contributed by atoms with E-state index in [4.69, 9.17) is 10.5 Å². The minimum absolute atomic E-state index is 0.0832. The lowest BCUT2D eigenvalue weighted by Gasteiger charge is -2.62. The second kappa shape index (κ2) is 7.41. The summed E-state index contributed by atoms with van der Waals surface area (Å²) in [5.74, 6) is 0.771. The lowest BCUT2D eigenvalue weighted by molar-refractivity contribution is -0.211. The second-order valence-electron chi connectivity index (χ2n) is 11.7. The van der Waals surface area contributed by atoms with E-state index in [1.807, 2.05) is 0 Å². The zero-order valence-corrected chi connectivity index (χ0v) is 19.4. The Morgan fingerprint density at radius 2 is 1.84 bits per heavy atom. The Hall–Kier alpha value is -1.69. The number of piperidine rings is 1. The number of likely N-dealkylation sites (N-methyl/N-ethyl adjacent to an activating group) is 1. The van der Waals surface area contributed by atoms with Gasteiger partial charge in [0, 0.05) is 6.04 Å². The number of nitrogens with zero attached hydrogens (tertiary/aromatic N) is 3. The SMILES string of the molecule is CC(O)C(C(=O)OC12CC3C[C@H](C1)CC([C@H](N)C(=O)N1C4CC4C[C@H]1C#N)(C3)C2)N(C)C. The van der Waals surface area contributed by atoms with Crippen molar-refractivity contribution in [2.24, 2.45) is 28.9 Å². The van der Waals surface area contributed by atoms with Crippen LogP contribution in [-0.4, -0.2) is 76.8 Å². The molecule has 7 unspecified atom stereocenters. The maximum atomic E-state index is 13.6. The molecule has 6 rings (SSSR count). The van der Waals surface area contributed by atoms with Crippen molar-refractivity contribution in [1.29, 1.82) is 5.26 Å². The number of nitrogens with two attached hydrogens (primary N) is 1. The summed E-state index contributed by atoms with van der Waals surface area (Å²) in [4.78, 5) is 30.1. The van der Waals surface area contributed by atoms with Crippen molar-refractivity contribution in [2.45, 2.75) is 94.2 Å². The van der Waals surface area contributed by atoms with Gasteiger partial charge in [0.2, 0.25) is 5.91 Å². The summed E-state index contributed by atoms with van der Waals surface area (Å²) in [5, 5.41) is 19.7. The van der Waals surface area contributed by atoms with Crippen molar-refractivity contribution in [3.05, 3.63) is 0 Å². The molecule has 0 aromatic heterocycles. The van der Waals surface area contributed by atoms with Crippen LogP contribution in [0.25, 0.3) is 0 Å². The van der Waals surface area contributed by atoms with Gasteiger partial charge in [0.05, 0.1) is 18.2 Å². The van der Waals surface area contributed by atoms with Gasteiger partial charge in [-0.2, -0.15) is 5.26 Å². The normalized spacial score (nSPS) is 44.0. The molecule has 6 fully saturated rings. The van der Waals surface area contributed by atoms with Gasteiger partial charge in [0.15, 0.2) is 0 Å². The molecule has 10 atom stereocenters. The first kappa shape index (κ1) is 22.1. The highest BCUT2D eigenvalue weighted by Crippen LogP contribution is 2.64. The fourth-order valence-electron chi connectivity index (χ4n) is 8.16. The van der Waals surface area contributed by atoms with Crippen LogP contribution in [0.1, 0.15) is 58.3 Å². The quantitative estimate of drug-likeness (QED) is 0.587. The number of carbonyl (C=O) groups is 2. The van der Waals surface area contributed by atoms with Crippen LogP contribution in [0.4, 0.5) is 0 Å². The fourth-order valence-corrected chi connectivity index (χ4v) is 8.16. The third kappa shape index (κ3) is 3.36. The van der Waals surface area contributed by atoms with Gasteiger partial charge in [0.25, 0.3) is 0 Å².